The number of primary amides is 1. The summed E-state index contributed by atoms with van der Waals surface area (Å²) in [4.78, 5) is 15.6. The number of rotatable bonds is 4. The number of nitrogens with two attached hydrogens (primary N) is 2. The maximum Gasteiger partial charge on any atom is 0.250 e. The summed E-state index contributed by atoms with van der Waals surface area (Å²) in [5.41, 5.74) is 12.0. The Morgan fingerprint density at radius 1 is 1.45 bits per heavy atom. The number of nitrogens with zero attached hydrogens (tertiary/aromatic N) is 1. The zero-order chi connectivity index (χ0) is 14.3. The van der Waals surface area contributed by atoms with E-state index in [1.807, 2.05) is 5.38 Å². The van der Waals surface area contributed by atoms with E-state index in [0.29, 0.717) is 11.0 Å². The van der Waals surface area contributed by atoms with Gasteiger partial charge in [0.15, 0.2) is 5.13 Å². The Kier molecular flexibility index (Phi) is 3.06. The monoisotopic (exact) mass is 292 g/mol. The summed E-state index contributed by atoms with van der Waals surface area (Å²) in [5, 5.41) is 5.42. The molecule has 1 aliphatic rings. The first kappa shape index (κ1) is 12.9. The predicted octanol–water partition coefficient (Wildman–Crippen LogP) is 2.58. The number of carbonyl (C=O) groups is 1. The standard InChI is InChI=1S/C13H13FN4OS/c14-8-4-9(15)7(12(16)19)3-10(8)17-13-18-11(5-20-13)6-1-2-6/h3-6H,1-2,15H2,(H2,16,19)(H,17,18). The summed E-state index contributed by atoms with van der Waals surface area (Å²) >= 11 is 1.40. The molecule has 20 heavy (non-hydrogen) atoms. The number of hydrogen-bond donors (Lipinski definition) is 3. The molecule has 0 aliphatic heterocycles. The highest BCUT2D eigenvalue weighted by Crippen LogP contribution is 2.41. The van der Waals surface area contributed by atoms with Gasteiger partial charge < -0.3 is 16.8 Å². The first-order valence-corrected chi connectivity index (χ1v) is 7.04. The van der Waals surface area contributed by atoms with E-state index in [1.165, 1.54) is 17.4 Å². The van der Waals surface area contributed by atoms with Crippen LogP contribution in [0.1, 0.15) is 34.8 Å². The third-order valence-corrected chi connectivity index (χ3v) is 3.94. The van der Waals surface area contributed by atoms with Crippen LogP contribution in [0.25, 0.3) is 0 Å². The molecule has 1 aromatic heterocycles. The van der Waals surface area contributed by atoms with Crippen LogP contribution >= 0.6 is 11.3 Å². The van der Waals surface area contributed by atoms with Crippen molar-refractivity contribution in [2.45, 2.75) is 18.8 Å². The Morgan fingerprint density at radius 2 is 2.20 bits per heavy atom. The number of benzene rings is 1. The van der Waals surface area contributed by atoms with E-state index in [1.54, 1.807) is 0 Å². The van der Waals surface area contributed by atoms with Gasteiger partial charge in [0.2, 0.25) is 0 Å². The van der Waals surface area contributed by atoms with E-state index in [0.717, 1.165) is 24.6 Å². The topological polar surface area (TPSA) is 94.0 Å². The first-order chi connectivity index (χ1) is 9.54. The van der Waals surface area contributed by atoms with Gasteiger partial charge in [0.25, 0.3) is 5.91 Å². The fraction of sp³-hybridized carbons (Fsp3) is 0.231. The first-order valence-electron chi connectivity index (χ1n) is 6.16. The van der Waals surface area contributed by atoms with E-state index in [4.69, 9.17) is 11.5 Å². The summed E-state index contributed by atoms with van der Waals surface area (Å²) in [7, 11) is 0. The van der Waals surface area contributed by atoms with Crippen molar-refractivity contribution in [2.75, 3.05) is 11.1 Å². The minimum atomic E-state index is -0.691. The number of nitrogens with one attached hydrogen (secondary N) is 1. The molecule has 1 fully saturated rings. The number of thiazole rings is 1. The molecule has 3 rings (SSSR count). The number of amides is 1. The van der Waals surface area contributed by atoms with E-state index >= 15 is 0 Å². The maximum absolute atomic E-state index is 13.8. The number of carbonyl (C=O) groups excluding carboxylic acids is 1. The largest absolute Gasteiger partial charge is 0.398 e. The highest BCUT2D eigenvalue weighted by Gasteiger charge is 2.26. The summed E-state index contributed by atoms with van der Waals surface area (Å²) in [6.07, 6.45) is 2.32. The summed E-state index contributed by atoms with van der Waals surface area (Å²) < 4.78 is 13.8. The summed E-state index contributed by atoms with van der Waals surface area (Å²) in [6, 6.07) is 2.39. The van der Waals surface area contributed by atoms with E-state index in [-0.39, 0.29) is 16.9 Å². The molecule has 1 amide bonds. The van der Waals surface area contributed by atoms with E-state index < -0.39 is 11.7 Å². The molecule has 1 aromatic carbocycles. The quantitative estimate of drug-likeness (QED) is 0.755. The van der Waals surface area contributed by atoms with Crippen molar-refractivity contribution in [1.82, 2.24) is 4.98 Å². The Morgan fingerprint density at radius 3 is 2.85 bits per heavy atom. The molecular formula is C13H13FN4OS. The zero-order valence-corrected chi connectivity index (χ0v) is 11.3. The van der Waals surface area contributed by atoms with Crippen LogP contribution in [0.4, 0.5) is 20.9 Å². The van der Waals surface area contributed by atoms with Crippen LogP contribution in [0.15, 0.2) is 17.5 Å². The van der Waals surface area contributed by atoms with Gasteiger partial charge in [0.1, 0.15) is 5.82 Å². The van der Waals surface area contributed by atoms with Gasteiger partial charge in [-0.1, -0.05) is 0 Å². The third kappa shape index (κ3) is 2.44. The fourth-order valence-electron chi connectivity index (χ4n) is 1.92. The second-order valence-electron chi connectivity index (χ2n) is 4.76. The van der Waals surface area contributed by atoms with Gasteiger partial charge in [-0.05, 0) is 25.0 Å². The van der Waals surface area contributed by atoms with Crippen LogP contribution in [-0.4, -0.2) is 10.9 Å². The lowest BCUT2D eigenvalue weighted by molar-refractivity contribution is 0.100. The van der Waals surface area contributed by atoms with Gasteiger partial charge in [-0.3, -0.25) is 4.79 Å². The van der Waals surface area contributed by atoms with Crippen molar-refractivity contribution in [3.8, 4) is 0 Å². The molecule has 5 N–H and O–H groups in total. The van der Waals surface area contributed by atoms with Gasteiger partial charge in [-0.25, -0.2) is 9.37 Å². The van der Waals surface area contributed by atoms with Crippen molar-refractivity contribution in [3.05, 3.63) is 34.6 Å². The van der Waals surface area contributed by atoms with Gasteiger partial charge >= 0.3 is 0 Å². The van der Waals surface area contributed by atoms with Crippen LogP contribution in [-0.2, 0) is 0 Å². The molecule has 7 heteroatoms. The van der Waals surface area contributed by atoms with Crippen LogP contribution < -0.4 is 16.8 Å². The van der Waals surface area contributed by atoms with Crippen LogP contribution in [0, 0.1) is 5.82 Å². The van der Waals surface area contributed by atoms with Crippen molar-refractivity contribution in [1.29, 1.82) is 0 Å². The number of aromatic nitrogens is 1. The molecule has 1 saturated carbocycles. The Balaban J connectivity index is 1.88. The number of nitrogen functional groups attached to an aromatic ring is 1. The third-order valence-electron chi connectivity index (χ3n) is 3.16. The number of hydrogen-bond acceptors (Lipinski definition) is 5. The summed E-state index contributed by atoms with van der Waals surface area (Å²) in [5.74, 6) is -0.696. The minimum absolute atomic E-state index is 0.0263. The molecule has 0 unspecified atom stereocenters. The minimum Gasteiger partial charge on any atom is -0.398 e. The van der Waals surface area contributed by atoms with Crippen molar-refractivity contribution in [3.63, 3.8) is 0 Å². The molecule has 0 saturated heterocycles. The zero-order valence-electron chi connectivity index (χ0n) is 10.5. The molecule has 5 nitrogen and oxygen atoms in total. The Bertz CT molecular complexity index is 681. The average molecular weight is 292 g/mol. The second-order valence-corrected chi connectivity index (χ2v) is 5.62. The highest BCUT2D eigenvalue weighted by molar-refractivity contribution is 7.13. The Hall–Kier alpha value is -2.15. The molecule has 0 spiro atoms. The lowest BCUT2D eigenvalue weighted by Crippen LogP contribution is -2.14. The average Bonchev–Trinajstić information content (AvgIpc) is 3.13. The molecule has 1 aliphatic carbocycles. The molecule has 0 radical (unpaired) electrons. The van der Waals surface area contributed by atoms with E-state index in [9.17, 15) is 9.18 Å². The molecule has 0 bridgehead atoms. The van der Waals surface area contributed by atoms with Gasteiger partial charge in [-0.2, -0.15) is 0 Å². The van der Waals surface area contributed by atoms with Crippen molar-refractivity contribution in [2.24, 2.45) is 5.73 Å². The van der Waals surface area contributed by atoms with Gasteiger partial charge in [0.05, 0.1) is 16.9 Å². The fourth-order valence-corrected chi connectivity index (χ4v) is 2.73. The van der Waals surface area contributed by atoms with Crippen LogP contribution in [0.3, 0.4) is 0 Å². The molecular weight excluding hydrogens is 279 g/mol. The van der Waals surface area contributed by atoms with Crippen molar-refractivity contribution < 1.29 is 9.18 Å². The number of anilines is 3. The molecule has 2 aromatic rings. The Labute approximate surface area is 118 Å². The molecule has 1 heterocycles. The SMILES string of the molecule is NC(=O)c1cc(Nc2nc(C3CC3)cs2)c(F)cc1N. The van der Waals surface area contributed by atoms with Crippen LogP contribution in [0.2, 0.25) is 0 Å². The lowest BCUT2D eigenvalue weighted by atomic mass is 10.1. The summed E-state index contributed by atoms with van der Waals surface area (Å²) in [6.45, 7) is 0. The van der Waals surface area contributed by atoms with Crippen molar-refractivity contribution >= 4 is 33.8 Å². The number of halogens is 1. The predicted molar refractivity (Wildman–Crippen MR) is 76.7 cm³/mol. The smallest absolute Gasteiger partial charge is 0.250 e. The maximum atomic E-state index is 13.8. The normalized spacial score (nSPS) is 14.2. The van der Waals surface area contributed by atoms with Gasteiger partial charge in [-0.15, -0.1) is 11.3 Å². The second kappa shape index (κ2) is 4.75. The lowest BCUT2D eigenvalue weighted by Gasteiger charge is -2.08. The highest BCUT2D eigenvalue weighted by atomic mass is 32.1. The van der Waals surface area contributed by atoms with Crippen LogP contribution in [0.5, 0.6) is 0 Å². The van der Waals surface area contributed by atoms with Gasteiger partial charge in [0, 0.05) is 17.0 Å². The molecule has 0 atom stereocenters. The molecule has 104 valence electrons. The van der Waals surface area contributed by atoms with E-state index in [2.05, 4.69) is 10.3 Å².